The summed E-state index contributed by atoms with van der Waals surface area (Å²) in [6, 6.07) is 14.5. The largest absolute Gasteiger partial charge is 0.335 e. The summed E-state index contributed by atoms with van der Waals surface area (Å²) in [5.41, 5.74) is 6.10. The summed E-state index contributed by atoms with van der Waals surface area (Å²) in [7, 11) is 0. The van der Waals surface area contributed by atoms with Crippen LogP contribution in [0.5, 0.6) is 0 Å². The quantitative estimate of drug-likeness (QED) is 0.771. The lowest BCUT2D eigenvalue weighted by atomic mass is 9.72. The van der Waals surface area contributed by atoms with Gasteiger partial charge in [-0.15, -0.1) is 0 Å². The van der Waals surface area contributed by atoms with E-state index in [1.807, 2.05) is 36.5 Å². The molecule has 134 valence electrons. The van der Waals surface area contributed by atoms with Crippen molar-refractivity contribution >= 4 is 17.8 Å². The van der Waals surface area contributed by atoms with Crippen LogP contribution < -0.4 is 0 Å². The van der Waals surface area contributed by atoms with Gasteiger partial charge in [0.1, 0.15) is 0 Å². The molecule has 2 aromatic rings. The molecule has 0 N–H and O–H groups in total. The molecule has 1 saturated heterocycles. The third kappa shape index (κ3) is 2.57. The Labute approximate surface area is 159 Å². The van der Waals surface area contributed by atoms with Crippen LogP contribution >= 0.6 is 0 Å². The van der Waals surface area contributed by atoms with E-state index in [0.29, 0.717) is 0 Å². The van der Waals surface area contributed by atoms with Crippen molar-refractivity contribution in [1.29, 1.82) is 5.26 Å². The summed E-state index contributed by atoms with van der Waals surface area (Å²) in [6.45, 7) is 0.796. The van der Waals surface area contributed by atoms with Gasteiger partial charge in [0.15, 0.2) is 0 Å². The van der Waals surface area contributed by atoms with E-state index in [4.69, 9.17) is 0 Å². The predicted octanol–water partition coefficient (Wildman–Crippen LogP) is 4.15. The van der Waals surface area contributed by atoms with E-state index < -0.39 is 0 Å². The molecule has 2 atom stereocenters. The maximum Gasteiger partial charge on any atom is 0.254 e. The molecule has 5 rings (SSSR count). The highest BCUT2D eigenvalue weighted by Crippen LogP contribution is 2.42. The maximum absolute atomic E-state index is 13.3. The van der Waals surface area contributed by atoms with Crippen molar-refractivity contribution in [3.8, 4) is 6.07 Å². The molecular weight excluding hydrogens is 334 g/mol. The zero-order valence-corrected chi connectivity index (χ0v) is 15.2. The number of carbonyl (C=O) groups is 1. The normalized spacial score (nSPS) is 22.6. The molecule has 1 unspecified atom stereocenters. The highest BCUT2D eigenvalue weighted by Gasteiger charge is 2.39. The molecule has 2 aromatic carbocycles. The second kappa shape index (κ2) is 6.35. The number of hydrogen-bond donors (Lipinski definition) is 0. The van der Waals surface area contributed by atoms with Crippen LogP contribution in [0.2, 0.25) is 0 Å². The molecular formula is C23H21N3O. The molecule has 0 bridgehead atoms. The Morgan fingerprint density at radius 1 is 1.19 bits per heavy atom. The highest BCUT2D eigenvalue weighted by molar-refractivity contribution is 5.96. The van der Waals surface area contributed by atoms with Crippen LogP contribution in [0.3, 0.4) is 0 Å². The minimum absolute atomic E-state index is 0.104. The average molecular weight is 355 g/mol. The zero-order chi connectivity index (χ0) is 18.4. The minimum atomic E-state index is 0.104. The fourth-order valence-electron chi connectivity index (χ4n) is 5.07. The Morgan fingerprint density at radius 3 is 3.00 bits per heavy atom. The molecule has 4 nitrogen and oxygen atoms in total. The number of benzene rings is 2. The van der Waals surface area contributed by atoms with Gasteiger partial charge in [0, 0.05) is 36.7 Å². The average Bonchev–Trinajstić information content (AvgIpc) is 3.20. The van der Waals surface area contributed by atoms with E-state index >= 15 is 0 Å². The SMILES string of the molecule is N#Cc1cccc2c1C1CCCN(C(=O)c3ccc4c(c3)N=CC4)[C@H]1CC2. The second-order valence-electron chi connectivity index (χ2n) is 7.70. The van der Waals surface area contributed by atoms with Gasteiger partial charge in [-0.3, -0.25) is 9.79 Å². The zero-order valence-electron chi connectivity index (χ0n) is 15.2. The van der Waals surface area contributed by atoms with E-state index in [9.17, 15) is 10.1 Å². The van der Waals surface area contributed by atoms with Crippen molar-refractivity contribution in [2.45, 2.75) is 44.1 Å². The number of piperidine rings is 1. The molecule has 0 saturated carbocycles. The molecule has 27 heavy (non-hydrogen) atoms. The molecule has 1 fully saturated rings. The summed E-state index contributed by atoms with van der Waals surface area (Å²) >= 11 is 0. The van der Waals surface area contributed by atoms with Crippen molar-refractivity contribution < 1.29 is 4.79 Å². The number of likely N-dealkylation sites (tertiary alicyclic amines) is 1. The lowest BCUT2D eigenvalue weighted by Crippen LogP contribution is -2.49. The summed E-state index contributed by atoms with van der Waals surface area (Å²) in [4.78, 5) is 19.8. The smallest absolute Gasteiger partial charge is 0.254 e. The van der Waals surface area contributed by atoms with E-state index in [1.165, 1.54) is 16.7 Å². The van der Waals surface area contributed by atoms with Gasteiger partial charge in [0.05, 0.1) is 17.3 Å². The van der Waals surface area contributed by atoms with Gasteiger partial charge >= 0.3 is 0 Å². The number of fused-ring (bicyclic) bond motifs is 4. The van der Waals surface area contributed by atoms with Crippen LogP contribution in [-0.2, 0) is 12.8 Å². The van der Waals surface area contributed by atoms with Crippen LogP contribution in [0.4, 0.5) is 5.69 Å². The number of carbonyl (C=O) groups excluding carboxylic acids is 1. The van der Waals surface area contributed by atoms with Gasteiger partial charge < -0.3 is 4.90 Å². The van der Waals surface area contributed by atoms with Crippen molar-refractivity contribution in [1.82, 2.24) is 4.90 Å². The van der Waals surface area contributed by atoms with E-state index in [1.54, 1.807) is 0 Å². The first-order chi connectivity index (χ1) is 13.3. The lowest BCUT2D eigenvalue weighted by molar-refractivity contribution is 0.0546. The van der Waals surface area contributed by atoms with E-state index in [-0.39, 0.29) is 17.9 Å². The number of aliphatic imine (C=N–C) groups is 1. The van der Waals surface area contributed by atoms with Crippen molar-refractivity contribution in [3.63, 3.8) is 0 Å². The Hall–Kier alpha value is -2.93. The highest BCUT2D eigenvalue weighted by atomic mass is 16.2. The standard InChI is InChI=1S/C23H21N3O/c24-14-18-4-1-3-16-8-9-21-19(22(16)18)5-2-12-26(21)23(27)17-7-6-15-10-11-25-20(15)13-17/h1,3-4,6-7,11,13,19,21H,2,5,8-10,12H2/t19?,21-/m0/s1. The Kier molecular flexibility index (Phi) is 3.82. The van der Waals surface area contributed by atoms with Crippen molar-refractivity contribution in [2.75, 3.05) is 6.54 Å². The molecule has 1 aliphatic carbocycles. The Morgan fingerprint density at radius 2 is 2.11 bits per heavy atom. The fourth-order valence-corrected chi connectivity index (χ4v) is 5.07. The van der Waals surface area contributed by atoms with Gasteiger partial charge in [-0.25, -0.2) is 0 Å². The summed E-state index contributed by atoms with van der Waals surface area (Å²) in [5, 5.41) is 9.58. The summed E-state index contributed by atoms with van der Waals surface area (Å²) in [5.74, 6) is 0.377. The van der Waals surface area contributed by atoms with Gasteiger partial charge in [-0.2, -0.15) is 5.26 Å². The monoisotopic (exact) mass is 355 g/mol. The first kappa shape index (κ1) is 16.3. The van der Waals surface area contributed by atoms with Crippen LogP contribution in [0.25, 0.3) is 0 Å². The molecule has 0 spiro atoms. The van der Waals surface area contributed by atoms with Crippen LogP contribution in [-0.4, -0.2) is 29.6 Å². The number of nitrogens with zero attached hydrogens (tertiary/aromatic N) is 3. The van der Waals surface area contributed by atoms with Crippen molar-refractivity contribution in [3.05, 3.63) is 64.2 Å². The molecule has 4 heteroatoms. The number of aryl methyl sites for hydroxylation is 1. The van der Waals surface area contributed by atoms with Gasteiger partial charge in [-0.1, -0.05) is 18.2 Å². The second-order valence-corrected chi connectivity index (χ2v) is 7.70. The van der Waals surface area contributed by atoms with Gasteiger partial charge in [-0.05, 0) is 60.6 Å². The third-order valence-electron chi connectivity index (χ3n) is 6.31. The number of rotatable bonds is 1. The molecule has 1 amide bonds. The molecule has 2 aliphatic heterocycles. The molecule has 0 aromatic heterocycles. The number of nitriles is 1. The molecule has 3 aliphatic rings. The topological polar surface area (TPSA) is 56.5 Å². The lowest BCUT2D eigenvalue weighted by Gasteiger charge is -2.45. The number of hydrogen-bond acceptors (Lipinski definition) is 3. The Balaban J connectivity index is 1.49. The van der Waals surface area contributed by atoms with E-state index in [0.717, 1.165) is 55.5 Å². The predicted molar refractivity (Wildman–Crippen MR) is 105 cm³/mol. The van der Waals surface area contributed by atoms with Crippen LogP contribution in [0.15, 0.2) is 41.4 Å². The van der Waals surface area contributed by atoms with Gasteiger partial charge in [0.2, 0.25) is 0 Å². The molecule has 2 heterocycles. The number of amides is 1. The first-order valence-corrected chi connectivity index (χ1v) is 9.74. The van der Waals surface area contributed by atoms with E-state index in [2.05, 4.69) is 22.0 Å². The fraction of sp³-hybridized carbons (Fsp3) is 0.348. The summed E-state index contributed by atoms with van der Waals surface area (Å²) in [6.07, 6.45) is 6.69. The van der Waals surface area contributed by atoms with Gasteiger partial charge in [0.25, 0.3) is 5.91 Å². The van der Waals surface area contributed by atoms with Crippen molar-refractivity contribution in [2.24, 2.45) is 4.99 Å². The van der Waals surface area contributed by atoms with Crippen LogP contribution in [0.1, 0.15) is 57.8 Å². The maximum atomic E-state index is 13.3. The Bertz CT molecular complexity index is 1000. The summed E-state index contributed by atoms with van der Waals surface area (Å²) < 4.78 is 0. The molecule has 0 radical (unpaired) electrons. The third-order valence-corrected chi connectivity index (χ3v) is 6.31. The first-order valence-electron chi connectivity index (χ1n) is 9.74. The minimum Gasteiger partial charge on any atom is -0.335 e. The van der Waals surface area contributed by atoms with Crippen LogP contribution in [0, 0.1) is 11.3 Å².